The Morgan fingerprint density at radius 1 is 1.09 bits per heavy atom. The van der Waals surface area contributed by atoms with E-state index in [-0.39, 0.29) is 6.54 Å². The lowest BCUT2D eigenvalue weighted by atomic mass is 10.2. The van der Waals surface area contributed by atoms with Gasteiger partial charge in [-0.15, -0.1) is 0 Å². The normalized spacial score (nSPS) is 11.1. The van der Waals surface area contributed by atoms with Gasteiger partial charge < -0.3 is 5.32 Å². The molecule has 0 radical (unpaired) electrons. The molecule has 0 aliphatic carbocycles. The molecule has 0 aliphatic heterocycles. The zero-order valence-corrected chi connectivity index (χ0v) is 14.4. The van der Waals surface area contributed by atoms with E-state index in [1.165, 1.54) is 0 Å². The molecule has 0 unspecified atom stereocenters. The van der Waals surface area contributed by atoms with Gasteiger partial charge in [0.1, 0.15) is 6.54 Å². The highest BCUT2D eigenvalue weighted by molar-refractivity contribution is 7.92. The minimum absolute atomic E-state index is 0.301. The fraction of sp³-hybridized carbons (Fsp3) is 0.188. The van der Waals surface area contributed by atoms with Crippen molar-refractivity contribution in [2.24, 2.45) is 0 Å². The number of carbonyl (C=O) groups excluding carboxylic acids is 1. The first-order valence-corrected chi connectivity index (χ1v) is 9.08. The molecule has 0 fully saturated rings. The van der Waals surface area contributed by atoms with Gasteiger partial charge in [0.15, 0.2) is 0 Å². The minimum Gasteiger partial charge on any atom is -0.325 e. The highest BCUT2D eigenvalue weighted by atomic mass is 35.5. The van der Waals surface area contributed by atoms with Crippen LogP contribution in [0, 0.1) is 6.92 Å². The number of hydrogen-bond acceptors (Lipinski definition) is 3. The number of nitrogens with zero attached hydrogens (tertiary/aromatic N) is 1. The van der Waals surface area contributed by atoms with Crippen LogP contribution in [0.25, 0.3) is 0 Å². The lowest BCUT2D eigenvalue weighted by molar-refractivity contribution is -0.114. The third-order valence-corrected chi connectivity index (χ3v) is 4.53. The first-order chi connectivity index (χ1) is 10.8. The Bertz CT molecular complexity index is 787. The van der Waals surface area contributed by atoms with Crippen molar-refractivity contribution in [1.29, 1.82) is 0 Å². The van der Waals surface area contributed by atoms with E-state index in [0.717, 1.165) is 16.1 Å². The summed E-state index contributed by atoms with van der Waals surface area (Å²) in [7, 11) is -3.57. The zero-order chi connectivity index (χ0) is 17.0. The summed E-state index contributed by atoms with van der Waals surface area (Å²) in [6, 6.07) is 13.5. The molecule has 1 N–H and O–H groups in total. The molecule has 23 heavy (non-hydrogen) atoms. The maximum atomic E-state index is 12.1. The molecule has 122 valence electrons. The Morgan fingerprint density at radius 3 is 2.17 bits per heavy atom. The number of nitrogens with one attached hydrogen (secondary N) is 1. The number of sulfonamides is 1. The number of amides is 1. The molecule has 0 aromatic heterocycles. The highest BCUT2D eigenvalue weighted by Crippen LogP contribution is 2.19. The topological polar surface area (TPSA) is 66.5 Å². The van der Waals surface area contributed by atoms with Crippen molar-refractivity contribution in [3.63, 3.8) is 0 Å². The van der Waals surface area contributed by atoms with E-state index < -0.39 is 15.9 Å². The molecule has 7 heteroatoms. The van der Waals surface area contributed by atoms with Gasteiger partial charge in [-0.1, -0.05) is 29.3 Å². The van der Waals surface area contributed by atoms with Crippen molar-refractivity contribution < 1.29 is 13.2 Å². The largest absolute Gasteiger partial charge is 0.325 e. The van der Waals surface area contributed by atoms with E-state index in [1.54, 1.807) is 48.5 Å². The third-order valence-electron chi connectivity index (χ3n) is 3.14. The molecule has 0 aliphatic rings. The summed E-state index contributed by atoms with van der Waals surface area (Å²) in [5, 5.41) is 3.21. The summed E-state index contributed by atoms with van der Waals surface area (Å²) in [5.41, 5.74) is 2.01. The van der Waals surface area contributed by atoms with Gasteiger partial charge in [0.05, 0.1) is 11.9 Å². The smallest absolute Gasteiger partial charge is 0.245 e. The van der Waals surface area contributed by atoms with E-state index in [4.69, 9.17) is 11.6 Å². The van der Waals surface area contributed by atoms with Crippen molar-refractivity contribution in [1.82, 2.24) is 0 Å². The molecule has 2 rings (SSSR count). The first-order valence-electron chi connectivity index (χ1n) is 6.85. The van der Waals surface area contributed by atoms with Gasteiger partial charge in [0.25, 0.3) is 0 Å². The average molecular weight is 353 g/mol. The van der Waals surface area contributed by atoms with Crippen molar-refractivity contribution >= 4 is 38.9 Å². The standard InChI is InChI=1S/C16H17ClN2O3S/c1-12-3-9-15(10-4-12)19(23(2,21)22)11-16(20)18-14-7-5-13(17)6-8-14/h3-10H,11H2,1-2H3,(H,18,20). The second-order valence-corrected chi connectivity index (χ2v) is 7.50. The number of hydrogen-bond donors (Lipinski definition) is 1. The number of halogens is 1. The maximum absolute atomic E-state index is 12.1. The Hall–Kier alpha value is -2.05. The van der Waals surface area contributed by atoms with Crippen LogP contribution in [0.5, 0.6) is 0 Å². The number of carbonyl (C=O) groups is 1. The summed E-state index contributed by atoms with van der Waals surface area (Å²) in [6.07, 6.45) is 1.07. The molecule has 0 spiro atoms. The van der Waals surface area contributed by atoms with E-state index in [0.29, 0.717) is 16.4 Å². The molecule has 5 nitrogen and oxygen atoms in total. The SMILES string of the molecule is Cc1ccc(N(CC(=O)Nc2ccc(Cl)cc2)S(C)(=O)=O)cc1. The van der Waals surface area contributed by atoms with Crippen LogP contribution < -0.4 is 9.62 Å². The lowest BCUT2D eigenvalue weighted by Crippen LogP contribution is -2.37. The van der Waals surface area contributed by atoms with E-state index in [2.05, 4.69) is 5.32 Å². The van der Waals surface area contributed by atoms with Crippen LogP contribution in [0.3, 0.4) is 0 Å². The van der Waals surface area contributed by atoms with Crippen molar-refractivity contribution in [2.45, 2.75) is 6.92 Å². The molecule has 0 atom stereocenters. The van der Waals surface area contributed by atoms with Crippen molar-refractivity contribution in [3.05, 3.63) is 59.1 Å². The van der Waals surface area contributed by atoms with Crippen LogP contribution in [-0.2, 0) is 14.8 Å². The summed E-state index contributed by atoms with van der Waals surface area (Å²) in [4.78, 5) is 12.1. The fourth-order valence-electron chi connectivity index (χ4n) is 1.98. The van der Waals surface area contributed by atoms with Gasteiger partial charge >= 0.3 is 0 Å². The highest BCUT2D eigenvalue weighted by Gasteiger charge is 2.20. The summed E-state index contributed by atoms with van der Waals surface area (Å²) in [5.74, 6) is -0.432. The van der Waals surface area contributed by atoms with E-state index >= 15 is 0 Å². The van der Waals surface area contributed by atoms with Crippen LogP contribution in [0.1, 0.15) is 5.56 Å². The molecule has 0 bridgehead atoms. The van der Waals surface area contributed by atoms with Crippen LogP contribution >= 0.6 is 11.6 Å². The Kier molecular flexibility index (Phi) is 5.28. The Labute approximate surface area is 140 Å². The molecule has 0 saturated carbocycles. The number of benzene rings is 2. The Balaban J connectivity index is 2.16. The number of anilines is 2. The predicted octanol–water partition coefficient (Wildman–Crippen LogP) is 3.05. The van der Waals surface area contributed by atoms with Gasteiger partial charge in [0, 0.05) is 10.7 Å². The van der Waals surface area contributed by atoms with Crippen molar-refractivity contribution in [3.8, 4) is 0 Å². The Morgan fingerprint density at radius 2 is 1.65 bits per heavy atom. The quantitative estimate of drug-likeness (QED) is 0.899. The van der Waals surface area contributed by atoms with Gasteiger partial charge in [-0.3, -0.25) is 9.10 Å². The molecule has 0 heterocycles. The summed E-state index contributed by atoms with van der Waals surface area (Å²) >= 11 is 5.78. The summed E-state index contributed by atoms with van der Waals surface area (Å²) < 4.78 is 25.0. The van der Waals surface area contributed by atoms with E-state index in [1.807, 2.05) is 6.92 Å². The third kappa shape index (κ3) is 4.97. The van der Waals surface area contributed by atoms with Gasteiger partial charge in [-0.2, -0.15) is 0 Å². The molecular weight excluding hydrogens is 336 g/mol. The second-order valence-electron chi connectivity index (χ2n) is 5.16. The van der Waals surface area contributed by atoms with Crippen molar-refractivity contribution in [2.75, 3.05) is 22.4 Å². The maximum Gasteiger partial charge on any atom is 0.245 e. The number of aryl methyl sites for hydroxylation is 1. The van der Waals surface area contributed by atoms with Crippen LogP contribution in [0.2, 0.25) is 5.02 Å². The molecule has 2 aromatic rings. The van der Waals surface area contributed by atoms with Crippen LogP contribution in [0.4, 0.5) is 11.4 Å². The number of rotatable bonds is 5. The van der Waals surface area contributed by atoms with Crippen LogP contribution in [0.15, 0.2) is 48.5 Å². The molecule has 2 aromatic carbocycles. The first kappa shape index (κ1) is 17.3. The second kappa shape index (κ2) is 7.02. The minimum atomic E-state index is -3.57. The van der Waals surface area contributed by atoms with Gasteiger partial charge in [0.2, 0.25) is 15.9 Å². The monoisotopic (exact) mass is 352 g/mol. The summed E-state index contributed by atoms with van der Waals surface area (Å²) in [6.45, 7) is 1.60. The fourth-order valence-corrected chi connectivity index (χ4v) is 2.96. The van der Waals surface area contributed by atoms with Gasteiger partial charge in [-0.25, -0.2) is 8.42 Å². The van der Waals surface area contributed by atoms with Crippen LogP contribution in [-0.4, -0.2) is 27.1 Å². The average Bonchev–Trinajstić information content (AvgIpc) is 2.47. The van der Waals surface area contributed by atoms with Gasteiger partial charge in [-0.05, 0) is 43.3 Å². The molecule has 1 amide bonds. The molecular formula is C16H17ClN2O3S. The lowest BCUT2D eigenvalue weighted by Gasteiger charge is -2.22. The predicted molar refractivity (Wildman–Crippen MR) is 93.5 cm³/mol. The van der Waals surface area contributed by atoms with E-state index in [9.17, 15) is 13.2 Å². The molecule has 0 saturated heterocycles. The zero-order valence-electron chi connectivity index (χ0n) is 12.8.